The van der Waals surface area contributed by atoms with Gasteiger partial charge in [0.1, 0.15) is 5.82 Å². The molecular weight excluding hydrogens is 287 g/mol. The van der Waals surface area contributed by atoms with Gasteiger partial charge in [0, 0.05) is 11.2 Å². The molecule has 1 aromatic heterocycles. The topological polar surface area (TPSA) is 17.8 Å². The third-order valence-electron chi connectivity index (χ3n) is 3.37. The van der Waals surface area contributed by atoms with Crippen molar-refractivity contribution in [3.8, 4) is 16.8 Å². The first-order valence-electron chi connectivity index (χ1n) is 6.63. The highest BCUT2D eigenvalue weighted by atomic mass is 35.5. The monoisotopic (exact) mass is 300 g/mol. The molecule has 1 heterocycles. The van der Waals surface area contributed by atoms with Gasteiger partial charge < -0.3 is 0 Å². The maximum atomic E-state index is 13.5. The summed E-state index contributed by atoms with van der Waals surface area (Å²) in [6.45, 7) is 3.97. The Balaban J connectivity index is 2.13. The van der Waals surface area contributed by atoms with Gasteiger partial charge in [-0.2, -0.15) is 5.10 Å². The van der Waals surface area contributed by atoms with E-state index in [-0.39, 0.29) is 5.82 Å². The average Bonchev–Trinajstić information content (AvgIpc) is 2.84. The summed E-state index contributed by atoms with van der Waals surface area (Å²) in [6, 6.07) is 12.4. The molecule has 2 nitrogen and oxygen atoms in total. The Morgan fingerprint density at radius 2 is 1.81 bits per heavy atom. The molecule has 3 aromatic rings. The molecule has 0 aliphatic carbocycles. The standard InChI is InChI=1S/C17H14ClFN2/c1-11-3-4-13(14-7-15(18)10-16(19)8-14)9-17(11)21-6-5-12(2)20-21/h3-10H,1-2H3. The Hall–Kier alpha value is -2.13. The predicted molar refractivity (Wildman–Crippen MR) is 83.4 cm³/mol. The number of aromatic nitrogens is 2. The van der Waals surface area contributed by atoms with E-state index < -0.39 is 0 Å². The quantitative estimate of drug-likeness (QED) is 0.655. The van der Waals surface area contributed by atoms with Gasteiger partial charge in [-0.1, -0.05) is 23.7 Å². The first-order valence-corrected chi connectivity index (χ1v) is 7.00. The number of hydrogen-bond acceptors (Lipinski definition) is 1. The first kappa shape index (κ1) is 13.8. The zero-order valence-electron chi connectivity index (χ0n) is 11.8. The van der Waals surface area contributed by atoms with Crippen LogP contribution in [0.5, 0.6) is 0 Å². The molecule has 4 heteroatoms. The molecule has 0 atom stereocenters. The predicted octanol–water partition coefficient (Wildman–Crippen LogP) is 4.95. The third kappa shape index (κ3) is 2.83. The average molecular weight is 301 g/mol. The van der Waals surface area contributed by atoms with Crippen molar-refractivity contribution in [3.05, 3.63) is 70.8 Å². The largest absolute Gasteiger partial charge is 0.240 e. The van der Waals surface area contributed by atoms with Crippen LogP contribution in [0.3, 0.4) is 0 Å². The molecule has 0 saturated carbocycles. The molecule has 3 rings (SSSR count). The van der Waals surface area contributed by atoms with Crippen LogP contribution in [0, 0.1) is 19.7 Å². The first-order chi connectivity index (χ1) is 10.0. The summed E-state index contributed by atoms with van der Waals surface area (Å²) in [5.41, 5.74) is 4.69. The van der Waals surface area contributed by atoms with E-state index in [9.17, 15) is 4.39 Å². The summed E-state index contributed by atoms with van der Waals surface area (Å²) in [4.78, 5) is 0. The molecule has 0 bridgehead atoms. The van der Waals surface area contributed by atoms with Crippen LogP contribution < -0.4 is 0 Å². The molecule has 2 aromatic carbocycles. The second kappa shape index (κ2) is 5.34. The van der Waals surface area contributed by atoms with Crippen molar-refractivity contribution < 1.29 is 4.39 Å². The van der Waals surface area contributed by atoms with E-state index in [0.29, 0.717) is 5.02 Å². The molecular formula is C17H14ClFN2. The maximum Gasteiger partial charge on any atom is 0.125 e. The van der Waals surface area contributed by atoms with Crippen LogP contribution in [0.25, 0.3) is 16.8 Å². The van der Waals surface area contributed by atoms with Gasteiger partial charge in [0.15, 0.2) is 0 Å². The van der Waals surface area contributed by atoms with E-state index in [0.717, 1.165) is 28.1 Å². The number of benzene rings is 2. The highest BCUT2D eigenvalue weighted by molar-refractivity contribution is 6.30. The molecule has 0 amide bonds. The smallest absolute Gasteiger partial charge is 0.125 e. The Bertz CT molecular complexity index is 788. The summed E-state index contributed by atoms with van der Waals surface area (Å²) in [7, 11) is 0. The molecule has 0 unspecified atom stereocenters. The molecule has 106 valence electrons. The summed E-state index contributed by atoms with van der Waals surface area (Å²) in [5, 5.41) is 4.82. The second-order valence-electron chi connectivity index (χ2n) is 5.06. The van der Waals surface area contributed by atoms with Crippen LogP contribution in [0.15, 0.2) is 48.7 Å². The van der Waals surface area contributed by atoms with Gasteiger partial charge in [-0.15, -0.1) is 0 Å². The lowest BCUT2D eigenvalue weighted by molar-refractivity contribution is 0.628. The van der Waals surface area contributed by atoms with Crippen molar-refractivity contribution in [2.45, 2.75) is 13.8 Å². The fraction of sp³-hybridized carbons (Fsp3) is 0.118. The van der Waals surface area contributed by atoms with E-state index >= 15 is 0 Å². The van der Waals surface area contributed by atoms with Gasteiger partial charge in [0.2, 0.25) is 0 Å². The summed E-state index contributed by atoms with van der Waals surface area (Å²) >= 11 is 5.93. The summed E-state index contributed by atoms with van der Waals surface area (Å²) in [6.07, 6.45) is 1.92. The SMILES string of the molecule is Cc1ccn(-c2cc(-c3cc(F)cc(Cl)c3)ccc2C)n1. The normalized spacial score (nSPS) is 10.9. The number of aryl methyl sites for hydroxylation is 2. The van der Waals surface area contributed by atoms with Crippen molar-refractivity contribution in [2.24, 2.45) is 0 Å². The van der Waals surface area contributed by atoms with Crippen LogP contribution in [-0.2, 0) is 0 Å². The minimum Gasteiger partial charge on any atom is -0.240 e. The Morgan fingerprint density at radius 1 is 1.00 bits per heavy atom. The number of hydrogen-bond donors (Lipinski definition) is 0. The van der Waals surface area contributed by atoms with Crippen LogP contribution >= 0.6 is 11.6 Å². The highest BCUT2D eigenvalue weighted by Crippen LogP contribution is 2.27. The Labute approximate surface area is 127 Å². The molecule has 21 heavy (non-hydrogen) atoms. The van der Waals surface area contributed by atoms with Crippen molar-refractivity contribution in [1.29, 1.82) is 0 Å². The van der Waals surface area contributed by atoms with Gasteiger partial charge in [-0.25, -0.2) is 9.07 Å². The molecule has 0 N–H and O–H groups in total. The minimum atomic E-state index is -0.338. The number of rotatable bonds is 2. The van der Waals surface area contributed by atoms with Gasteiger partial charge >= 0.3 is 0 Å². The zero-order valence-corrected chi connectivity index (χ0v) is 12.5. The zero-order chi connectivity index (χ0) is 15.0. The summed E-state index contributed by atoms with van der Waals surface area (Å²) < 4.78 is 15.3. The molecule has 0 aliphatic rings. The van der Waals surface area contributed by atoms with E-state index in [1.165, 1.54) is 12.1 Å². The number of halogens is 2. The summed E-state index contributed by atoms with van der Waals surface area (Å²) in [5.74, 6) is -0.338. The third-order valence-corrected chi connectivity index (χ3v) is 3.59. The van der Waals surface area contributed by atoms with E-state index in [1.807, 2.05) is 49.0 Å². The lowest BCUT2D eigenvalue weighted by atomic mass is 10.0. The van der Waals surface area contributed by atoms with Gasteiger partial charge in [-0.3, -0.25) is 0 Å². The Morgan fingerprint density at radius 3 is 2.48 bits per heavy atom. The lowest BCUT2D eigenvalue weighted by Gasteiger charge is -2.10. The van der Waals surface area contributed by atoms with Gasteiger partial charge in [0.05, 0.1) is 11.4 Å². The van der Waals surface area contributed by atoms with Crippen LogP contribution in [0.4, 0.5) is 4.39 Å². The lowest BCUT2D eigenvalue weighted by Crippen LogP contribution is -1.98. The van der Waals surface area contributed by atoms with Crippen molar-refractivity contribution in [1.82, 2.24) is 9.78 Å². The van der Waals surface area contributed by atoms with E-state index in [1.54, 1.807) is 6.07 Å². The van der Waals surface area contributed by atoms with Gasteiger partial charge in [0.25, 0.3) is 0 Å². The maximum absolute atomic E-state index is 13.5. The Kier molecular flexibility index (Phi) is 3.52. The van der Waals surface area contributed by atoms with Crippen molar-refractivity contribution in [2.75, 3.05) is 0 Å². The van der Waals surface area contributed by atoms with E-state index in [4.69, 9.17) is 11.6 Å². The van der Waals surface area contributed by atoms with Crippen molar-refractivity contribution in [3.63, 3.8) is 0 Å². The fourth-order valence-corrected chi connectivity index (χ4v) is 2.53. The van der Waals surface area contributed by atoms with Crippen molar-refractivity contribution >= 4 is 11.6 Å². The second-order valence-corrected chi connectivity index (χ2v) is 5.50. The molecule has 0 fully saturated rings. The molecule has 0 aliphatic heterocycles. The molecule has 0 radical (unpaired) electrons. The minimum absolute atomic E-state index is 0.338. The molecule has 0 spiro atoms. The van der Waals surface area contributed by atoms with Gasteiger partial charge in [-0.05, 0) is 60.9 Å². The number of nitrogens with zero attached hydrogens (tertiary/aromatic N) is 2. The highest BCUT2D eigenvalue weighted by Gasteiger charge is 2.07. The fourth-order valence-electron chi connectivity index (χ4n) is 2.31. The van der Waals surface area contributed by atoms with E-state index in [2.05, 4.69) is 5.10 Å². The van der Waals surface area contributed by atoms with Crippen LogP contribution in [0.2, 0.25) is 5.02 Å². The van der Waals surface area contributed by atoms with Crippen LogP contribution in [-0.4, -0.2) is 9.78 Å². The molecule has 0 saturated heterocycles. The van der Waals surface area contributed by atoms with Crippen LogP contribution in [0.1, 0.15) is 11.3 Å².